The van der Waals surface area contributed by atoms with Gasteiger partial charge in [-0.25, -0.2) is 4.98 Å². The number of phenolic OH excluding ortho intramolecular Hbond substituents is 1. The van der Waals surface area contributed by atoms with Crippen LogP contribution in [0.15, 0.2) is 78.9 Å². The van der Waals surface area contributed by atoms with E-state index < -0.39 is 17.8 Å². The second-order valence-corrected chi connectivity index (χ2v) is 7.06. The number of aryl methyl sites for hydroxylation is 1. The van der Waals surface area contributed by atoms with Gasteiger partial charge >= 0.3 is 6.18 Å². The maximum absolute atomic E-state index is 13.5. The van der Waals surface area contributed by atoms with Crippen molar-refractivity contribution >= 4 is 16.6 Å². The number of nitrogens with one attached hydrogen (secondary N) is 1. The lowest BCUT2D eigenvalue weighted by Crippen LogP contribution is -2.16. The van der Waals surface area contributed by atoms with E-state index in [1.807, 2.05) is 31.2 Å². The van der Waals surface area contributed by atoms with Crippen molar-refractivity contribution in [1.29, 1.82) is 0 Å². The smallest absolute Gasteiger partial charge is 0.418 e. The van der Waals surface area contributed by atoms with Gasteiger partial charge < -0.3 is 10.4 Å². The van der Waals surface area contributed by atoms with E-state index in [1.54, 1.807) is 36.4 Å². The minimum absolute atomic E-state index is 0.0537. The summed E-state index contributed by atoms with van der Waals surface area (Å²) in [4.78, 5) is 4.42. The number of aromatic nitrogens is 1. The molecule has 6 heteroatoms. The van der Waals surface area contributed by atoms with E-state index in [4.69, 9.17) is 0 Å². The number of rotatable bonds is 4. The molecule has 4 aromatic rings. The molecule has 2 N–H and O–H groups in total. The molecule has 4 rings (SSSR count). The quantitative estimate of drug-likeness (QED) is 0.407. The molecular formula is C24H19F3N2O. The molecule has 3 nitrogen and oxygen atoms in total. The lowest BCUT2D eigenvalue weighted by Gasteiger charge is -2.24. The number of alkyl halides is 3. The number of benzene rings is 3. The first-order valence-corrected chi connectivity index (χ1v) is 9.41. The molecule has 3 aromatic carbocycles. The average molecular weight is 408 g/mol. The molecule has 0 aliphatic carbocycles. The summed E-state index contributed by atoms with van der Waals surface area (Å²) in [5.74, 6) is -0.0537. The summed E-state index contributed by atoms with van der Waals surface area (Å²) in [7, 11) is 0. The zero-order valence-electron chi connectivity index (χ0n) is 16.1. The maximum Gasteiger partial charge on any atom is 0.418 e. The number of aromatic hydroxyl groups is 1. The van der Waals surface area contributed by atoms with E-state index >= 15 is 0 Å². The number of anilines is 1. The van der Waals surface area contributed by atoms with Gasteiger partial charge in [-0.2, -0.15) is 13.2 Å². The molecule has 1 unspecified atom stereocenters. The van der Waals surface area contributed by atoms with Crippen LogP contribution in [0.3, 0.4) is 0 Å². The van der Waals surface area contributed by atoms with E-state index in [-0.39, 0.29) is 11.4 Å². The molecule has 0 aliphatic rings. The second-order valence-electron chi connectivity index (χ2n) is 7.06. The molecule has 30 heavy (non-hydrogen) atoms. The average Bonchev–Trinajstić information content (AvgIpc) is 2.73. The lowest BCUT2D eigenvalue weighted by atomic mass is 9.95. The monoisotopic (exact) mass is 408 g/mol. The highest BCUT2D eigenvalue weighted by atomic mass is 19.4. The van der Waals surface area contributed by atoms with E-state index in [2.05, 4.69) is 10.3 Å². The highest BCUT2D eigenvalue weighted by molar-refractivity contribution is 5.86. The van der Waals surface area contributed by atoms with Crippen molar-refractivity contribution in [3.05, 3.63) is 101 Å². The molecule has 0 amide bonds. The normalized spacial score (nSPS) is 12.7. The van der Waals surface area contributed by atoms with Gasteiger partial charge in [0.25, 0.3) is 0 Å². The van der Waals surface area contributed by atoms with E-state index in [0.717, 1.165) is 22.7 Å². The summed E-state index contributed by atoms with van der Waals surface area (Å²) in [5, 5.41) is 14.7. The van der Waals surface area contributed by atoms with Crippen LogP contribution in [0.1, 0.15) is 28.4 Å². The summed E-state index contributed by atoms with van der Waals surface area (Å²) >= 11 is 0. The fourth-order valence-corrected chi connectivity index (χ4v) is 3.52. The Bertz CT molecular complexity index is 1190. The number of halogens is 3. The van der Waals surface area contributed by atoms with Crippen molar-refractivity contribution in [2.24, 2.45) is 0 Å². The van der Waals surface area contributed by atoms with Gasteiger partial charge in [0.2, 0.25) is 0 Å². The molecule has 0 spiro atoms. The number of hydrogen-bond acceptors (Lipinski definition) is 3. The third-order valence-electron chi connectivity index (χ3n) is 4.98. The molecule has 0 fully saturated rings. The molecule has 152 valence electrons. The van der Waals surface area contributed by atoms with Crippen LogP contribution in [0.25, 0.3) is 10.9 Å². The van der Waals surface area contributed by atoms with Crippen LogP contribution >= 0.6 is 0 Å². The summed E-state index contributed by atoms with van der Waals surface area (Å²) in [5.41, 5.74) is 1.50. The van der Waals surface area contributed by atoms with Gasteiger partial charge in [0.1, 0.15) is 11.3 Å². The Balaban J connectivity index is 1.88. The lowest BCUT2D eigenvalue weighted by molar-refractivity contribution is -0.137. The van der Waals surface area contributed by atoms with Gasteiger partial charge in [0.05, 0.1) is 11.6 Å². The van der Waals surface area contributed by atoms with Crippen LogP contribution in [-0.4, -0.2) is 10.1 Å². The molecule has 1 aromatic heterocycles. The van der Waals surface area contributed by atoms with Gasteiger partial charge in [0.15, 0.2) is 0 Å². The summed E-state index contributed by atoms with van der Waals surface area (Å²) in [6.07, 6.45) is -4.51. The van der Waals surface area contributed by atoms with Crippen molar-refractivity contribution in [1.82, 2.24) is 4.98 Å². The SMILES string of the molecule is Cc1ccc2ccc(C(Nc3ccccc3C(F)(F)F)c3ccccc3)c(O)c2n1. The van der Waals surface area contributed by atoms with Crippen LogP contribution in [-0.2, 0) is 6.18 Å². The summed E-state index contributed by atoms with van der Waals surface area (Å²) in [6, 6.07) is 20.9. The molecule has 0 radical (unpaired) electrons. The van der Waals surface area contributed by atoms with Crippen LogP contribution in [0.5, 0.6) is 5.75 Å². The summed E-state index contributed by atoms with van der Waals surface area (Å²) < 4.78 is 40.6. The van der Waals surface area contributed by atoms with Crippen molar-refractivity contribution in [3.8, 4) is 5.75 Å². The third-order valence-corrected chi connectivity index (χ3v) is 4.98. The Morgan fingerprint density at radius 2 is 1.53 bits per heavy atom. The van der Waals surface area contributed by atoms with Crippen LogP contribution < -0.4 is 5.32 Å². The topological polar surface area (TPSA) is 45.1 Å². The van der Waals surface area contributed by atoms with Gasteiger partial charge in [-0.3, -0.25) is 0 Å². The first-order valence-electron chi connectivity index (χ1n) is 9.41. The van der Waals surface area contributed by atoms with Crippen molar-refractivity contribution in [2.45, 2.75) is 19.1 Å². The molecule has 0 bridgehead atoms. The number of phenols is 1. The van der Waals surface area contributed by atoms with E-state index in [0.29, 0.717) is 11.1 Å². The van der Waals surface area contributed by atoms with Crippen LogP contribution in [0, 0.1) is 6.92 Å². The van der Waals surface area contributed by atoms with E-state index in [9.17, 15) is 18.3 Å². The number of hydrogen-bond donors (Lipinski definition) is 2. The first kappa shape index (κ1) is 19.8. The Morgan fingerprint density at radius 1 is 0.867 bits per heavy atom. The molecule has 0 saturated carbocycles. The molecule has 1 atom stereocenters. The van der Waals surface area contributed by atoms with Gasteiger partial charge in [0, 0.05) is 22.3 Å². The fourth-order valence-electron chi connectivity index (χ4n) is 3.52. The molecule has 0 aliphatic heterocycles. The maximum atomic E-state index is 13.5. The minimum atomic E-state index is -4.51. The zero-order valence-corrected chi connectivity index (χ0v) is 16.1. The largest absolute Gasteiger partial charge is 0.505 e. The van der Waals surface area contributed by atoms with Gasteiger partial charge in [-0.15, -0.1) is 0 Å². The fraction of sp³-hybridized carbons (Fsp3) is 0.125. The summed E-state index contributed by atoms with van der Waals surface area (Å²) in [6.45, 7) is 1.82. The minimum Gasteiger partial charge on any atom is -0.505 e. The van der Waals surface area contributed by atoms with Crippen LogP contribution in [0.2, 0.25) is 0 Å². The predicted molar refractivity (Wildman–Crippen MR) is 111 cm³/mol. The Morgan fingerprint density at radius 3 is 2.27 bits per heavy atom. The molecule has 0 saturated heterocycles. The standard InChI is InChI=1S/C24H19F3N2O/c1-15-11-12-17-13-14-18(23(30)22(17)28-15)21(16-7-3-2-4-8-16)29-20-10-6-5-9-19(20)24(25,26)27/h2-14,21,29-30H,1H3. The number of para-hydroxylation sites is 1. The van der Waals surface area contributed by atoms with Crippen LogP contribution in [0.4, 0.5) is 18.9 Å². The van der Waals surface area contributed by atoms with Crippen molar-refractivity contribution in [3.63, 3.8) is 0 Å². The second kappa shape index (κ2) is 7.71. The highest BCUT2D eigenvalue weighted by Crippen LogP contribution is 2.40. The van der Waals surface area contributed by atoms with Crippen molar-refractivity contribution in [2.75, 3.05) is 5.32 Å². The molecular weight excluding hydrogens is 389 g/mol. The number of pyridine rings is 1. The van der Waals surface area contributed by atoms with E-state index in [1.165, 1.54) is 12.1 Å². The Kier molecular flexibility index (Phi) is 5.08. The Hall–Kier alpha value is -3.54. The van der Waals surface area contributed by atoms with Crippen molar-refractivity contribution < 1.29 is 18.3 Å². The third kappa shape index (κ3) is 3.81. The van der Waals surface area contributed by atoms with Gasteiger partial charge in [-0.05, 0) is 30.7 Å². The number of fused-ring (bicyclic) bond motifs is 1. The number of nitrogens with zero attached hydrogens (tertiary/aromatic N) is 1. The predicted octanol–water partition coefficient (Wildman–Crippen LogP) is 6.47. The highest BCUT2D eigenvalue weighted by Gasteiger charge is 2.34. The van der Waals surface area contributed by atoms with Gasteiger partial charge in [-0.1, -0.05) is 60.7 Å². The first-order chi connectivity index (χ1) is 14.3. The molecule has 1 heterocycles. The zero-order chi connectivity index (χ0) is 21.3. The Labute approximate surface area is 171 Å².